The molecule has 0 saturated carbocycles. The lowest BCUT2D eigenvalue weighted by Crippen LogP contribution is -2.37. The topological polar surface area (TPSA) is 46.5 Å². The van der Waals surface area contributed by atoms with E-state index in [0.29, 0.717) is 6.54 Å². The number of likely N-dealkylation sites (N-methyl/N-ethyl adjacent to an activating group) is 1. The number of carbonyl (C=O) groups is 1. The Hall–Kier alpha value is -1.49. The third-order valence-corrected chi connectivity index (χ3v) is 3.64. The summed E-state index contributed by atoms with van der Waals surface area (Å²) in [5, 5.41) is 3.39. The Morgan fingerprint density at radius 3 is 2.50 bits per heavy atom. The molecule has 1 heterocycles. The van der Waals surface area contributed by atoms with Gasteiger partial charge in [0, 0.05) is 44.6 Å². The second kappa shape index (κ2) is 7.68. The number of amides is 1. The largest absolute Gasteiger partial charge is 0.444 e. The van der Waals surface area contributed by atoms with E-state index in [4.69, 9.17) is 4.74 Å². The Kier molecular flexibility index (Phi) is 6.48. The lowest BCUT2D eigenvalue weighted by Gasteiger charge is -2.24. The fraction of sp³-hybridized carbons (Fsp3) is 0.706. The molecule has 5 nitrogen and oxygen atoms in total. The van der Waals surface area contributed by atoms with E-state index in [-0.39, 0.29) is 6.09 Å². The summed E-state index contributed by atoms with van der Waals surface area (Å²) in [5.41, 5.74) is 3.48. The van der Waals surface area contributed by atoms with E-state index in [1.807, 2.05) is 20.8 Å². The smallest absolute Gasteiger partial charge is 0.410 e. The number of hydrogen-bond acceptors (Lipinski definition) is 3. The number of rotatable bonds is 6. The maximum atomic E-state index is 11.8. The molecule has 0 spiro atoms. The zero-order valence-corrected chi connectivity index (χ0v) is 15.1. The Labute approximate surface area is 134 Å². The molecule has 0 aliphatic rings. The first kappa shape index (κ1) is 18.6. The van der Waals surface area contributed by atoms with Crippen LogP contribution in [0.1, 0.15) is 44.6 Å². The predicted molar refractivity (Wildman–Crippen MR) is 90.2 cm³/mol. The molecular weight excluding hydrogens is 278 g/mol. The number of nitrogens with one attached hydrogen (secondary N) is 1. The van der Waals surface area contributed by atoms with Crippen LogP contribution in [-0.4, -0.2) is 41.3 Å². The lowest BCUT2D eigenvalue weighted by molar-refractivity contribution is 0.0300. The molecule has 126 valence electrons. The third-order valence-electron chi connectivity index (χ3n) is 3.64. The third kappa shape index (κ3) is 5.37. The van der Waals surface area contributed by atoms with E-state index in [1.165, 1.54) is 17.0 Å². The molecule has 1 rings (SSSR count). The van der Waals surface area contributed by atoms with Gasteiger partial charge in [-0.1, -0.05) is 0 Å². The molecule has 0 aliphatic carbocycles. The second-order valence-electron chi connectivity index (χ2n) is 6.72. The highest BCUT2D eigenvalue weighted by molar-refractivity contribution is 5.67. The number of carbonyl (C=O) groups excluding carboxylic acids is 1. The molecule has 0 aromatic carbocycles. The molecule has 0 fully saturated rings. The van der Waals surface area contributed by atoms with Crippen LogP contribution in [0.2, 0.25) is 0 Å². The molecule has 0 aliphatic heterocycles. The Bertz CT molecular complexity index is 501. The van der Waals surface area contributed by atoms with Gasteiger partial charge >= 0.3 is 6.09 Å². The van der Waals surface area contributed by atoms with Crippen molar-refractivity contribution in [1.82, 2.24) is 14.8 Å². The van der Waals surface area contributed by atoms with Crippen molar-refractivity contribution in [1.29, 1.82) is 0 Å². The van der Waals surface area contributed by atoms with Crippen LogP contribution in [0.4, 0.5) is 4.79 Å². The molecule has 1 amide bonds. The van der Waals surface area contributed by atoms with Crippen molar-refractivity contribution in [3.63, 3.8) is 0 Å². The van der Waals surface area contributed by atoms with Crippen LogP contribution in [0.25, 0.3) is 0 Å². The summed E-state index contributed by atoms with van der Waals surface area (Å²) < 4.78 is 7.63. The van der Waals surface area contributed by atoms with Crippen molar-refractivity contribution in [3.05, 3.63) is 23.0 Å². The lowest BCUT2D eigenvalue weighted by atomic mass is 10.2. The Morgan fingerprint density at radius 2 is 2.00 bits per heavy atom. The molecule has 0 unspecified atom stereocenters. The van der Waals surface area contributed by atoms with Crippen LogP contribution in [-0.2, 0) is 17.8 Å². The molecule has 22 heavy (non-hydrogen) atoms. The van der Waals surface area contributed by atoms with Gasteiger partial charge in [-0.05, 0) is 53.2 Å². The minimum Gasteiger partial charge on any atom is -0.444 e. The maximum Gasteiger partial charge on any atom is 0.410 e. The highest BCUT2D eigenvalue weighted by Gasteiger charge is 2.19. The summed E-state index contributed by atoms with van der Waals surface area (Å²) in [4.78, 5) is 13.4. The fourth-order valence-electron chi connectivity index (χ4n) is 2.44. The van der Waals surface area contributed by atoms with Gasteiger partial charge in [-0.15, -0.1) is 0 Å². The van der Waals surface area contributed by atoms with Gasteiger partial charge in [0.2, 0.25) is 0 Å². The number of hydrogen-bond donors (Lipinski definition) is 1. The molecule has 1 aromatic heterocycles. The number of ether oxygens (including phenoxy) is 1. The standard InChI is InChI=1S/C17H31N3O2/c1-8-20-13(2)11-15(14(20)3)12-18-9-10-19(7)16(21)22-17(4,5)6/h11,18H,8-10,12H2,1-7H3. The van der Waals surface area contributed by atoms with Crippen molar-refractivity contribution in [2.75, 3.05) is 20.1 Å². The van der Waals surface area contributed by atoms with Crippen LogP contribution < -0.4 is 5.32 Å². The highest BCUT2D eigenvalue weighted by Crippen LogP contribution is 2.14. The number of nitrogens with zero attached hydrogens (tertiary/aromatic N) is 2. The van der Waals surface area contributed by atoms with E-state index in [9.17, 15) is 4.79 Å². The first-order valence-electron chi connectivity index (χ1n) is 7.96. The molecule has 0 bridgehead atoms. The summed E-state index contributed by atoms with van der Waals surface area (Å²) in [6.45, 7) is 15.3. The second-order valence-corrected chi connectivity index (χ2v) is 6.72. The summed E-state index contributed by atoms with van der Waals surface area (Å²) in [6.07, 6.45) is -0.279. The minimum absolute atomic E-state index is 0.279. The van der Waals surface area contributed by atoms with Gasteiger partial charge in [-0.3, -0.25) is 0 Å². The SMILES string of the molecule is CCn1c(C)cc(CNCCN(C)C(=O)OC(C)(C)C)c1C. The number of aryl methyl sites for hydroxylation is 1. The highest BCUT2D eigenvalue weighted by atomic mass is 16.6. The predicted octanol–water partition coefficient (Wildman–Crippen LogP) is 3.08. The Morgan fingerprint density at radius 1 is 1.36 bits per heavy atom. The van der Waals surface area contributed by atoms with E-state index in [2.05, 4.69) is 36.7 Å². The van der Waals surface area contributed by atoms with Gasteiger partial charge in [-0.25, -0.2) is 4.79 Å². The van der Waals surface area contributed by atoms with Gasteiger partial charge in [0.25, 0.3) is 0 Å². The maximum absolute atomic E-state index is 11.8. The van der Waals surface area contributed by atoms with Crippen LogP contribution in [0.5, 0.6) is 0 Å². The van der Waals surface area contributed by atoms with Gasteiger partial charge in [0.15, 0.2) is 0 Å². The van der Waals surface area contributed by atoms with Crippen molar-refractivity contribution >= 4 is 6.09 Å². The van der Waals surface area contributed by atoms with E-state index < -0.39 is 5.60 Å². The quantitative estimate of drug-likeness (QED) is 0.822. The molecule has 0 radical (unpaired) electrons. The normalized spacial score (nSPS) is 11.6. The average Bonchev–Trinajstić information content (AvgIpc) is 2.66. The van der Waals surface area contributed by atoms with Crippen LogP contribution in [0, 0.1) is 13.8 Å². The van der Waals surface area contributed by atoms with Gasteiger partial charge in [0.05, 0.1) is 0 Å². The van der Waals surface area contributed by atoms with Gasteiger partial charge in [-0.2, -0.15) is 0 Å². The van der Waals surface area contributed by atoms with Gasteiger partial charge < -0.3 is 19.5 Å². The van der Waals surface area contributed by atoms with Crippen LogP contribution in [0.15, 0.2) is 6.07 Å². The van der Waals surface area contributed by atoms with Crippen molar-refractivity contribution in [3.8, 4) is 0 Å². The summed E-state index contributed by atoms with van der Waals surface area (Å²) >= 11 is 0. The minimum atomic E-state index is -0.448. The fourth-order valence-corrected chi connectivity index (χ4v) is 2.44. The average molecular weight is 309 g/mol. The van der Waals surface area contributed by atoms with Crippen LogP contribution >= 0.6 is 0 Å². The molecule has 1 aromatic rings. The molecule has 5 heteroatoms. The summed E-state index contributed by atoms with van der Waals surface area (Å²) in [7, 11) is 1.76. The summed E-state index contributed by atoms with van der Waals surface area (Å²) in [5.74, 6) is 0. The zero-order chi connectivity index (χ0) is 16.9. The molecule has 0 saturated heterocycles. The first-order chi connectivity index (χ1) is 10.2. The van der Waals surface area contributed by atoms with Crippen molar-refractivity contribution in [2.24, 2.45) is 0 Å². The van der Waals surface area contributed by atoms with E-state index >= 15 is 0 Å². The van der Waals surface area contributed by atoms with Crippen molar-refractivity contribution < 1.29 is 9.53 Å². The van der Waals surface area contributed by atoms with Crippen molar-refractivity contribution in [2.45, 2.75) is 60.2 Å². The van der Waals surface area contributed by atoms with Gasteiger partial charge in [0.1, 0.15) is 5.60 Å². The monoisotopic (exact) mass is 309 g/mol. The molecule has 0 atom stereocenters. The van der Waals surface area contributed by atoms with E-state index in [1.54, 1.807) is 11.9 Å². The summed E-state index contributed by atoms with van der Waals surface area (Å²) in [6, 6.07) is 2.23. The number of aromatic nitrogens is 1. The van der Waals surface area contributed by atoms with E-state index in [0.717, 1.165) is 19.6 Å². The molecular formula is C17H31N3O2. The zero-order valence-electron chi connectivity index (χ0n) is 15.1. The molecule has 1 N–H and O–H groups in total. The Balaban J connectivity index is 2.38. The van der Waals surface area contributed by atoms with Crippen LogP contribution in [0.3, 0.4) is 0 Å². The first-order valence-corrected chi connectivity index (χ1v) is 7.96.